The molecule has 0 saturated heterocycles. The third-order valence-corrected chi connectivity index (χ3v) is 4.36. The van der Waals surface area contributed by atoms with E-state index in [1.165, 1.54) is 6.08 Å². The van der Waals surface area contributed by atoms with Crippen molar-refractivity contribution < 1.29 is 14.3 Å². The van der Waals surface area contributed by atoms with Crippen LogP contribution in [-0.2, 0) is 14.3 Å². The summed E-state index contributed by atoms with van der Waals surface area (Å²) in [5.74, 6) is -1.30. The van der Waals surface area contributed by atoms with Crippen molar-refractivity contribution in [1.29, 1.82) is 5.26 Å². The van der Waals surface area contributed by atoms with Crippen molar-refractivity contribution >= 4 is 18.0 Å². The maximum absolute atomic E-state index is 12.5. The van der Waals surface area contributed by atoms with Crippen LogP contribution < -0.4 is 5.32 Å². The number of nitrogens with one attached hydrogen (secondary N) is 1. The molecule has 0 bridgehead atoms. The molecule has 0 saturated carbocycles. The van der Waals surface area contributed by atoms with Gasteiger partial charge in [0.2, 0.25) is 0 Å². The fourth-order valence-corrected chi connectivity index (χ4v) is 2.91. The van der Waals surface area contributed by atoms with Gasteiger partial charge < -0.3 is 10.1 Å². The van der Waals surface area contributed by atoms with Crippen molar-refractivity contribution in [3.8, 4) is 6.07 Å². The number of esters is 1. The molecule has 3 aromatic carbocycles. The number of nitrogens with zero attached hydrogens (tertiary/aromatic N) is 1. The van der Waals surface area contributed by atoms with E-state index in [1.807, 2.05) is 72.8 Å². The lowest BCUT2D eigenvalue weighted by Gasteiger charge is -2.19. The van der Waals surface area contributed by atoms with Crippen molar-refractivity contribution in [3.05, 3.63) is 113 Å². The summed E-state index contributed by atoms with van der Waals surface area (Å²) >= 11 is 0. The lowest BCUT2D eigenvalue weighted by Crippen LogP contribution is -2.33. The summed E-state index contributed by atoms with van der Waals surface area (Å²) in [5, 5.41) is 12.1. The summed E-state index contributed by atoms with van der Waals surface area (Å²) in [7, 11) is 0. The van der Waals surface area contributed by atoms with E-state index in [4.69, 9.17) is 4.74 Å². The number of hydrogen-bond donors (Lipinski definition) is 1. The molecule has 148 valence electrons. The van der Waals surface area contributed by atoms with Gasteiger partial charge in [-0.1, -0.05) is 91.0 Å². The van der Waals surface area contributed by atoms with Gasteiger partial charge in [0.05, 0.1) is 6.04 Å². The number of benzene rings is 3. The van der Waals surface area contributed by atoms with Crippen LogP contribution in [0.1, 0.15) is 22.7 Å². The number of ether oxygens (including phenoxy) is 1. The molecule has 0 aliphatic carbocycles. The second kappa shape index (κ2) is 10.4. The molecule has 0 atom stereocenters. The van der Waals surface area contributed by atoms with Crippen LogP contribution in [0.5, 0.6) is 0 Å². The molecule has 0 aliphatic heterocycles. The van der Waals surface area contributed by atoms with Gasteiger partial charge in [0, 0.05) is 0 Å². The average molecular weight is 396 g/mol. The van der Waals surface area contributed by atoms with E-state index in [2.05, 4.69) is 5.32 Å². The fourth-order valence-electron chi connectivity index (χ4n) is 2.91. The van der Waals surface area contributed by atoms with Gasteiger partial charge in [0.15, 0.2) is 6.61 Å². The lowest BCUT2D eigenvalue weighted by molar-refractivity contribution is -0.144. The van der Waals surface area contributed by atoms with Crippen molar-refractivity contribution in [2.45, 2.75) is 6.04 Å². The van der Waals surface area contributed by atoms with E-state index in [-0.39, 0.29) is 11.6 Å². The maximum Gasteiger partial charge on any atom is 0.349 e. The highest BCUT2D eigenvalue weighted by Gasteiger charge is 2.18. The predicted molar refractivity (Wildman–Crippen MR) is 114 cm³/mol. The van der Waals surface area contributed by atoms with E-state index in [9.17, 15) is 14.9 Å². The topological polar surface area (TPSA) is 79.2 Å². The van der Waals surface area contributed by atoms with Gasteiger partial charge in [-0.05, 0) is 22.8 Å². The minimum atomic E-state index is -0.840. The maximum atomic E-state index is 12.5. The zero-order chi connectivity index (χ0) is 21.2. The molecule has 0 aliphatic rings. The molecule has 30 heavy (non-hydrogen) atoms. The molecule has 0 radical (unpaired) electrons. The standard InChI is InChI=1S/C25H20N2O3/c26-17-22(16-19-10-4-1-5-11-19)25(29)30-18-23(28)27-24(20-12-6-2-7-13-20)21-14-8-3-9-15-21/h1-16,24H,18H2,(H,27,28)/b22-16-. The number of carbonyl (C=O) groups is 2. The smallest absolute Gasteiger partial charge is 0.349 e. The normalized spacial score (nSPS) is 10.9. The molecular weight excluding hydrogens is 376 g/mol. The SMILES string of the molecule is N#C/C(=C/c1ccccc1)C(=O)OCC(=O)NC(c1ccccc1)c1ccccc1. The van der Waals surface area contributed by atoms with Crippen molar-refractivity contribution in [3.63, 3.8) is 0 Å². The largest absolute Gasteiger partial charge is 0.451 e. The highest BCUT2D eigenvalue weighted by Crippen LogP contribution is 2.21. The van der Waals surface area contributed by atoms with Crippen molar-refractivity contribution in [2.75, 3.05) is 6.61 Å². The number of hydrogen-bond acceptors (Lipinski definition) is 4. The van der Waals surface area contributed by atoms with Gasteiger partial charge in [-0.25, -0.2) is 4.79 Å². The lowest BCUT2D eigenvalue weighted by atomic mass is 9.99. The van der Waals surface area contributed by atoms with Crippen LogP contribution >= 0.6 is 0 Å². The van der Waals surface area contributed by atoms with Crippen LogP contribution in [0.15, 0.2) is 96.6 Å². The van der Waals surface area contributed by atoms with Gasteiger partial charge in [-0.2, -0.15) is 5.26 Å². The number of nitriles is 1. The average Bonchev–Trinajstić information content (AvgIpc) is 2.81. The van der Waals surface area contributed by atoms with E-state index in [1.54, 1.807) is 24.3 Å². The second-order valence-electron chi connectivity index (χ2n) is 6.48. The van der Waals surface area contributed by atoms with Crippen molar-refractivity contribution in [1.82, 2.24) is 5.32 Å². The molecule has 1 amide bonds. The Kier molecular flexibility index (Phi) is 7.12. The molecule has 1 N–H and O–H groups in total. The molecule has 0 aromatic heterocycles. The zero-order valence-electron chi connectivity index (χ0n) is 16.2. The van der Waals surface area contributed by atoms with Crippen LogP contribution in [0.25, 0.3) is 6.08 Å². The summed E-state index contributed by atoms with van der Waals surface area (Å²) in [6.07, 6.45) is 1.43. The van der Waals surface area contributed by atoms with Crippen LogP contribution in [0.2, 0.25) is 0 Å². The molecule has 0 heterocycles. The van der Waals surface area contributed by atoms with Gasteiger partial charge >= 0.3 is 5.97 Å². The molecule has 5 nitrogen and oxygen atoms in total. The third kappa shape index (κ3) is 5.66. The summed E-state index contributed by atoms with van der Waals surface area (Å²) in [5.41, 5.74) is 2.34. The first-order chi connectivity index (χ1) is 14.7. The zero-order valence-corrected chi connectivity index (χ0v) is 16.2. The first-order valence-corrected chi connectivity index (χ1v) is 9.40. The van der Waals surface area contributed by atoms with Gasteiger partial charge in [0.25, 0.3) is 5.91 Å². The highest BCUT2D eigenvalue weighted by atomic mass is 16.5. The molecule has 0 spiro atoms. The van der Waals surface area contributed by atoms with Crippen LogP contribution in [0.4, 0.5) is 0 Å². The highest BCUT2D eigenvalue weighted by molar-refractivity contribution is 5.98. The van der Waals surface area contributed by atoms with Gasteiger partial charge in [0.1, 0.15) is 11.6 Å². The van der Waals surface area contributed by atoms with Crippen LogP contribution in [0, 0.1) is 11.3 Å². The quantitative estimate of drug-likeness (QED) is 0.371. The first-order valence-electron chi connectivity index (χ1n) is 9.40. The first kappa shape index (κ1) is 20.6. The molecular formula is C25H20N2O3. The van der Waals surface area contributed by atoms with E-state index in [0.717, 1.165) is 11.1 Å². The summed E-state index contributed by atoms with van der Waals surface area (Å²) in [6.45, 7) is -0.483. The van der Waals surface area contributed by atoms with E-state index < -0.39 is 18.5 Å². The Labute approximate surface area is 175 Å². The molecule has 0 unspecified atom stereocenters. The summed E-state index contributed by atoms with van der Waals surface area (Å²) in [4.78, 5) is 24.7. The minimum absolute atomic E-state index is 0.170. The summed E-state index contributed by atoms with van der Waals surface area (Å²) < 4.78 is 5.06. The summed E-state index contributed by atoms with van der Waals surface area (Å²) in [6, 6.07) is 29.4. The van der Waals surface area contributed by atoms with Crippen LogP contribution in [0.3, 0.4) is 0 Å². The Balaban J connectivity index is 1.66. The van der Waals surface area contributed by atoms with Gasteiger partial charge in [-0.3, -0.25) is 4.79 Å². The Morgan fingerprint density at radius 1 is 0.867 bits per heavy atom. The Morgan fingerprint density at radius 3 is 1.87 bits per heavy atom. The van der Waals surface area contributed by atoms with E-state index >= 15 is 0 Å². The van der Waals surface area contributed by atoms with Gasteiger partial charge in [-0.15, -0.1) is 0 Å². The number of carbonyl (C=O) groups excluding carboxylic acids is 2. The third-order valence-electron chi connectivity index (χ3n) is 4.36. The van der Waals surface area contributed by atoms with Crippen LogP contribution in [-0.4, -0.2) is 18.5 Å². The molecule has 5 heteroatoms. The molecule has 0 fully saturated rings. The monoisotopic (exact) mass is 396 g/mol. The van der Waals surface area contributed by atoms with Crippen molar-refractivity contribution in [2.24, 2.45) is 0 Å². The Morgan fingerprint density at radius 2 is 1.37 bits per heavy atom. The fraction of sp³-hybridized carbons (Fsp3) is 0.0800. The Bertz CT molecular complexity index is 1020. The molecule has 3 aromatic rings. The van der Waals surface area contributed by atoms with E-state index in [0.29, 0.717) is 5.56 Å². The Hall–Kier alpha value is -4.17. The number of rotatable bonds is 7. The number of amides is 1. The second-order valence-corrected chi connectivity index (χ2v) is 6.48. The molecule has 3 rings (SSSR count). The minimum Gasteiger partial charge on any atom is -0.451 e. The predicted octanol–water partition coefficient (Wildman–Crippen LogP) is 4.04.